The first-order chi connectivity index (χ1) is 26.6. The number of nitrogens with two attached hydrogens (primary N) is 2. The van der Waals surface area contributed by atoms with E-state index in [-0.39, 0.29) is 50.0 Å². The van der Waals surface area contributed by atoms with Crippen LogP contribution in [0.3, 0.4) is 0 Å². The summed E-state index contributed by atoms with van der Waals surface area (Å²) in [5, 5.41) is 6.77. The van der Waals surface area contributed by atoms with Crippen molar-refractivity contribution in [3.63, 3.8) is 0 Å². The lowest BCUT2D eigenvalue weighted by atomic mass is 9.92. The molecule has 2 amide bonds. The van der Waals surface area contributed by atoms with Gasteiger partial charge in [-0.1, -0.05) is 64.1 Å². The van der Waals surface area contributed by atoms with E-state index in [2.05, 4.69) is 63.7 Å². The minimum Gasteiger partial charge on any atom is -0.469 e. The van der Waals surface area contributed by atoms with Gasteiger partial charge in [-0.25, -0.2) is 19.6 Å². The van der Waals surface area contributed by atoms with Crippen LogP contribution < -0.4 is 22.1 Å². The topological polar surface area (TPSA) is 239 Å². The van der Waals surface area contributed by atoms with Gasteiger partial charge in [0.05, 0.1) is 75.0 Å². The Hall–Kier alpha value is -5.74. The number of carbonyl (C=O) groups excluding carboxylic acids is 4. The molecule has 0 aliphatic carbocycles. The predicted octanol–water partition coefficient (Wildman–Crippen LogP) is 5.38. The fraction of sp³-hybridized carbons (Fsp3) is 0.450. The molecule has 16 heteroatoms. The fourth-order valence-electron chi connectivity index (χ4n) is 6.48. The van der Waals surface area contributed by atoms with Gasteiger partial charge in [0.15, 0.2) is 0 Å². The van der Waals surface area contributed by atoms with E-state index in [9.17, 15) is 19.2 Å². The number of ether oxygens (including phenoxy) is 4. The van der Waals surface area contributed by atoms with Crippen LogP contribution in [0.25, 0.3) is 33.6 Å². The minimum atomic E-state index is -0.926. The van der Waals surface area contributed by atoms with Crippen molar-refractivity contribution in [2.45, 2.75) is 78.6 Å². The standard InChI is InChI=1S/C40H54N8O8/c1-21(2)35(45-27(15-33(49)53-7)19-55-39(41)51)37-43-17-31(47-37)26-11-9-25(10-12-26)29-13-14-30(24(6)23(29)5)32-18-44-38(48-32)36(22(3)4)46-28(16-34(50)54-8)20-56-40(42)52/h9-14,17-18,21-22,27-28,35-36,45-46H,15-16,19-20H2,1-8H3,(H2,41,51)(H2,42,52)(H,43,47)(H,44,48)/t27?,28?,35-,36-/m0/s1. The normalized spacial score (nSPS) is 13.5. The Morgan fingerprint density at radius 2 is 1.05 bits per heavy atom. The Balaban J connectivity index is 1.52. The Labute approximate surface area is 326 Å². The molecule has 0 saturated carbocycles. The maximum Gasteiger partial charge on any atom is 0.404 e. The molecule has 8 N–H and O–H groups in total. The lowest BCUT2D eigenvalue weighted by molar-refractivity contribution is -0.142. The number of nitrogens with zero attached hydrogens (tertiary/aromatic N) is 2. The van der Waals surface area contributed by atoms with Crippen LogP contribution in [0.4, 0.5) is 9.59 Å². The lowest BCUT2D eigenvalue weighted by Crippen LogP contribution is -2.41. The number of aromatic amines is 2. The van der Waals surface area contributed by atoms with Crippen LogP contribution in [0.1, 0.15) is 75.4 Å². The third-order valence-corrected chi connectivity index (χ3v) is 9.66. The summed E-state index contributed by atoms with van der Waals surface area (Å²) in [6, 6.07) is 10.7. The van der Waals surface area contributed by atoms with E-state index in [1.807, 2.05) is 39.8 Å². The number of esters is 2. The Kier molecular flexibility index (Phi) is 15.1. The summed E-state index contributed by atoms with van der Waals surface area (Å²) in [5.74, 6) is 0.592. The number of hydrogen-bond donors (Lipinski definition) is 6. The molecule has 4 atom stereocenters. The summed E-state index contributed by atoms with van der Waals surface area (Å²) in [6.07, 6.45) is 1.68. The van der Waals surface area contributed by atoms with Crippen molar-refractivity contribution < 1.29 is 38.1 Å². The van der Waals surface area contributed by atoms with Gasteiger partial charge in [0, 0.05) is 5.56 Å². The molecule has 0 fully saturated rings. The van der Waals surface area contributed by atoms with Crippen molar-refractivity contribution in [3.8, 4) is 33.6 Å². The van der Waals surface area contributed by atoms with Crippen LogP contribution in [-0.2, 0) is 28.5 Å². The van der Waals surface area contributed by atoms with E-state index in [4.69, 9.17) is 35.4 Å². The SMILES string of the molecule is COC(=O)CC(COC(N)=O)N[C@H](c1ncc(-c2ccc(-c3ccc(-c4cnc([C@@H](NC(COC(N)=O)CC(=O)OC)C(C)C)[nH]4)c(C)c3C)cc2)[nH]1)C(C)C. The lowest BCUT2D eigenvalue weighted by Gasteiger charge is -2.26. The molecule has 0 radical (unpaired) electrons. The third kappa shape index (κ3) is 11.4. The number of carbonyl (C=O) groups is 4. The number of primary amides is 2. The molecule has 2 aromatic carbocycles. The molecular weight excluding hydrogens is 720 g/mol. The number of rotatable bonds is 19. The van der Waals surface area contributed by atoms with E-state index in [0.29, 0.717) is 11.6 Å². The Bertz CT molecular complexity index is 1960. The second-order valence-corrected chi connectivity index (χ2v) is 14.3. The molecule has 16 nitrogen and oxygen atoms in total. The zero-order valence-corrected chi connectivity index (χ0v) is 33.2. The van der Waals surface area contributed by atoms with Crippen molar-refractivity contribution in [2.24, 2.45) is 23.3 Å². The highest BCUT2D eigenvalue weighted by molar-refractivity contribution is 5.77. The number of aromatic nitrogens is 4. The van der Waals surface area contributed by atoms with Gasteiger partial charge in [-0.15, -0.1) is 0 Å². The van der Waals surface area contributed by atoms with Crippen LogP contribution in [-0.4, -0.2) is 83.6 Å². The van der Waals surface area contributed by atoms with Gasteiger partial charge in [-0.2, -0.15) is 0 Å². The number of H-pyrrole nitrogens is 2. The molecule has 0 saturated heterocycles. The Morgan fingerprint density at radius 1 is 0.643 bits per heavy atom. The molecule has 302 valence electrons. The highest BCUT2D eigenvalue weighted by Gasteiger charge is 2.27. The molecular formula is C40H54N8O8. The molecule has 0 bridgehead atoms. The van der Waals surface area contributed by atoms with E-state index in [0.717, 1.165) is 44.8 Å². The average Bonchev–Trinajstić information content (AvgIpc) is 3.85. The van der Waals surface area contributed by atoms with E-state index >= 15 is 0 Å². The van der Waals surface area contributed by atoms with Crippen molar-refractivity contribution in [1.82, 2.24) is 30.6 Å². The molecule has 0 spiro atoms. The van der Waals surface area contributed by atoms with Crippen LogP contribution in [0, 0.1) is 25.7 Å². The molecule has 0 aliphatic heterocycles. The number of imidazole rings is 2. The van der Waals surface area contributed by atoms with Gasteiger partial charge >= 0.3 is 24.1 Å². The van der Waals surface area contributed by atoms with Crippen molar-refractivity contribution in [2.75, 3.05) is 27.4 Å². The smallest absolute Gasteiger partial charge is 0.404 e. The highest BCUT2D eigenvalue weighted by Crippen LogP contribution is 2.34. The summed E-state index contributed by atoms with van der Waals surface area (Å²) in [6.45, 7) is 12.1. The van der Waals surface area contributed by atoms with Crippen LogP contribution in [0.5, 0.6) is 0 Å². The molecule has 4 aromatic rings. The first-order valence-electron chi connectivity index (χ1n) is 18.4. The number of benzene rings is 2. The number of methoxy groups -OCH3 is 2. The summed E-state index contributed by atoms with van der Waals surface area (Å²) in [5.41, 5.74) is 18.3. The van der Waals surface area contributed by atoms with Crippen LogP contribution in [0.15, 0.2) is 48.8 Å². The first-order valence-corrected chi connectivity index (χ1v) is 18.4. The molecule has 0 aliphatic rings. The van der Waals surface area contributed by atoms with Gasteiger partial charge in [-0.05, 0) is 53.5 Å². The molecule has 2 aromatic heterocycles. The van der Waals surface area contributed by atoms with E-state index < -0.39 is 36.2 Å². The zero-order valence-electron chi connectivity index (χ0n) is 33.2. The summed E-state index contributed by atoms with van der Waals surface area (Å²) < 4.78 is 19.7. The van der Waals surface area contributed by atoms with E-state index in [1.54, 1.807) is 12.4 Å². The summed E-state index contributed by atoms with van der Waals surface area (Å²) in [4.78, 5) is 62.9. The van der Waals surface area contributed by atoms with Gasteiger partial charge in [0.1, 0.15) is 24.9 Å². The highest BCUT2D eigenvalue weighted by atomic mass is 16.6. The quantitative estimate of drug-likeness (QED) is 0.0520. The second-order valence-electron chi connectivity index (χ2n) is 14.3. The molecule has 56 heavy (non-hydrogen) atoms. The predicted molar refractivity (Wildman–Crippen MR) is 210 cm³/mol. The first kappa shape index (κ1) is 43.0. The van der Waals surface area contributed by atoms with Gasteiger partial charge in [0.25, 0.3) is 0 Å². The van der Waals surface area contributed by atoms with Gasteiger partial charge in [0.2, 0.25) is 0 Å². The van der Waals surface area contributed by atoms with Gasteiger partial charge in [-0.3, -0.25) is 9.59 Å². The zero-order chi connectivity index (χ0) is 41.1. The van der Waals surface area contributed by atoms with Gasteiger partial charge < -0.3 is 51.0 Å². The molecule has 2 unspecified atom stereocenters. The maximum absolute atomic E-state index is 12.1. The second kappa shape index (κ2) is 19.7. The number of amides is 2. The average molecular weight is 775 g/mol. The van der Waals surface area contributed by atoms with Crippen molar-refractivity contribution in [1.29, 1.82) is 0 Å². The number of nitrogens with one attached hydrogen (secondary N) is 4. The monoisotopic (exact) mass is 774 g/mol. The van der Waals surface area contributed by atoms with Crippen LogP contribution in [0.2, 0.25) is 0 Å². The van der Waals surface area contributed by atoms with Crippen LogP contribution >= 0.6 is 0 Å². The third-order valence-electron chi connectivity index (χ3n) is 9.66. The molecule has 4 rings (SSSR count). The Morgan fingerprint density at radius 3 is 1.50 bits per heavy atom. The maximum atomic E-state index is 12.1. The van der Waals surface area contributed by atoms with Crippen molar-refractivity contribution >= 4 is 24.1 Å². The van der Waals surface area contributed by atoms with Crippen molar-refractivity contribution in [3.05, 3.63) is 71.6 Å². The minimum absolute atomic E-state index is 0.0158. The fourth-order valence-corrected chi connectivity index (χ4v) is 6.48. The van der Waals surface area contributed by atoms with E-state index in [1.165, 1.54) is 14.2 Å². The largest absolute Gasteiger partial charge is 0.469 e. The molecule has 2 heterocycles. The summed E-state index contributed by atoms with van der Waals surface area (Å²) >= 11 is 0. The summed E-state index contributed by atoms with van der Waals surface area (Å²) in [7, 11) is 2.61. The number of hydrogen-bond acceptors (Lipinski definition) is 12.